The topological polar surface area (TPSA) is 43.8 Å². The number of imidazole rings is 1. The molecule has 1 heterocycles. The highest BCUT2D eigenvalue weighted by Crippen LogP contribution is 2.21. The predicted molar refractivity (Wildman–Crippen MR) is 69.6 cm³/mol. The van der Waals surface area contributed by atoms with Gasteiger partial charge in [0.25, 0.3) is 0 Å². The first-order valence-corrected chi connectivity index (χ1v) is 5.70. The molecule has 0 saturated heterocycles. The summed E-state index contributed by atoms with van der Waals surface area (Å²) in [5, 5.41) is 0. The van der Waals surface area contributed by atoms with Crippen LogP contribution in [0.4, 0.5) is 10.3 Å². The second-order valence-corrected chi connectivity index (χ2v) is 4.15. The predicted octanol–water partition coefficient (Wildman–Crippen LogP) is 2.81. The third kappa shape index (κ3) is 1.72. The number of hydrogen-bond acceptors (Lipinski definition) is 2. The number of para-hydroxylation sites is 1. The molecule has 1 aromatic heterocycles. The summed E-state index contributed by atoms with van der Waals surface area (Å²) in [4.78, 5) is 4.17. The van der Waals surface area contributed by atoms with Gasteiger partial charge >= 0.3 is 0 Å². The van der Waals surface area contributed by atoms with E-state index in [1.165, 1.54) is 6.07 Å². The summed E-state index contributed by atoms with van der Waals surface area (Å²) in [6.45, 7) is 0.518. The SMILES string of the molecule is Nc1nc2cccc(F)c2n1Cc1ccccc1. The summed E-state index contributed by atoms with van der Waals surface area (Å²) < 4.78 is 15.5. The van der Waals surface area contributed by atoms with Gasteiger partial charge in [-0.25, -0.2) is 9.37 Å². The molecule has 0 amide bonds. The highest BCUT2D eigenvalue weighted by atomic mass is 19.1. The van der Waals surface area contributed by atoms with Crippen molar-refractivity contribution in [2.24, 2.45) is 0 Å². The number of halogens is 1. The van der Waals surface area contributed by atoms with E-state index in [4.69, 9.17) is 5.73 Å². The largest absolute Gasteiger partial charge is 0.369 e. The lowest BCUT2D eigenvalue weighted by atomic mass is 10.2. The zero-order chi connectivity index (χ0) is 12.5. The zero-order valence-corrected chi connectivity index (χ0v) is 9.68. The third-order valence-corrected chi connectivity index (χ3v) is 2.93. The Hall–Kier alpha value is -2.36. The van der Waals surface area contributed by atoms with Crippen LogP contribution in [0.2, 0.25) is 0 Å². The normalized spacial score (nSPS) is 10.9. The van der Waals surface area contributed by atoms with Crippen molar-refractivity contribution in [3.8, 4) is 0 Å². The number of aromatic nitrogens is 2. The average Bonchev–Trinajstić information content (AvgIpc) is 2.69. The smallest absolute Gasteiger partial charge is 0.201 e. The molecular formula is C14H12FN3. The summed E-state index contributed by atoms with van der Waals surface area (Å²) in [5.41, 5.74) is 7.96. The molecule has 0 saturated carbocycles. The molecule has 0 aliphatic heterocycles. The lowest BCUT2D eigenvalue weighted by Crippen LogP contribution is -2.05. The van der Waals surface area contributed by atoms with E-state index >= 15 is 0 Å². The Morgan fingerprint density at radius 3 is 2.61 bits per heavy atom. The van der Waals surface area contributed by atoms with E-state index in [2.05, 4.69) is 4.98 Å². The van der Waals surface area contributed by atoms with Gasteiger partial charge in [0, 0.05) is 0 Å². The van der Waals surface area contributed by atoms with E-state index in [0.29, 0.717) is 23.5 Å². The third-order valence-electron chi connectivity index (χ3n) is 2.93. The monoisotopic (exact) mass is 241 g/mol. The van der Waals surface area contributed by atoms with Crippen LogP contribution in [0.1, 0.15) is 5.56 Å². The maximum Gasteiger partial charge on any atom is 0.201 e. The fraction of sp³-hybridized carbons (Fsp3) is 0.0714. The molecule has 0 unspecified atom stereocenters. The number of hydrogen-bond donors (Lipinski definition) is 1. The van der Waals surface area contributed by atoms with Gasteiger partial charge in [0.1, 0.15) is 11.3 Å². The molecule has 0 spiro atoms. The minimum Gasteiger partial charge on any atom is -0.369 e. The standard InChI is InChI=1S/C14H12FN3/c15-11-7-4-8-12-13(11)18(14(16)17-12)9-10-5-2-1-3-6-10/h1-8H,9H2,(H2,16,17). The number of nitrogens with zero attached hydrogens (tertiary/aromatic N) is 2. The molecule has 0 aliphatic carbocycles. The Morgan fingerprint density at radius 2 is 1.83 bits per heavy atom. The Balaban J connectivity index is 2.14. The van der Waals surface area contributed by atoms with E-state index in [0.717, 1.165) is 5.56 Å². The van der Waals surface area contributed by atoms with Crippen LogP contribution in [0.25, 0.3) is 11.0 Å². The highest BCUT2D eigenvalue weighted by Gasteiger charge is 2.12. The van der Waals surface area contributed by atoms with Gasteiger partial charge in [0.2, 0.25) is 5.95 Å². The lowest BCUT2D eigenvalue weighted by Gasteiger charge is -2.06. The molecule has 3 nitrogen and oxygen atoms in total. The molecule has 0 bridgehead atoms. The van der Waals surface area contributed by atoms with Crippen LogP contribution >= 0.6 is 0 Å². The van der Waals surface area contributed by atoms with Crippen molar-refractivity contribution in [3.63, 3.8) is 0 Å². The minimum atomic E-state index is -0.298. The van der Waals surface area contributed by atoms with Crippen molar-refractivity contribution in [3.05, 3.63) is 59.9 Å². The molecule has 18 heavy (non-hydrogen) atoms. The van der Waals surface area contributed by atoms with Crippen LogP contribution in [0, 0.1) is 5.82 Å². The van der Waals surface area contributed by atoms with Gasteiger partial charge in [0.15, 0.2) is 0 Å². The van der Waals surface area contributed by atoms with Crippen molar-refractivity contribution in [2.45, 2.75) is 6.54 Å². The Bertz CT molecular complexity index is 689. The number of nitrogens with two attached hydrogens (primary N) is 1. The molecule has 0 atom stereocenters. The molecule has 0 fully saturated rings. The van der Waals surface area contributed by atoms with Crippen molar-refractivity contribution >= 4 is 17.0 Å². The molecule has 4 heteroatoms. The Labute approximate surface area is 104 Å². The maximum atomic E-state index is 13.8. The first-order valence-electron chi connectivity index (χ1n) is 5.70. The van der Waals surface area contributed by atoms with Crippen molar-refractivity contribution in [2.75, 3.05) is 5.73 Å². The second kappa shape index (κ2) is 4.14. The first-order chi connectivity index (χ1) is 8.75. The Kier molecular flexibility index (Phi) is 2.48. The molecule has 0 radical (unpaired) electrons. The van der Waals surface area contributed by atoms with Crippen LogP contribution < -0.4 is 5.73 Å². The van der Waals surface area contributed by atoms with Crippen LogP contribution in [0.3, 0.4) is 0 Å². The number of fused-ring (bicyclic) bond motifs is 1. The van der Waals surface area contributed by atoms with Crippen molar-refractivity contribution < 1.29 is 4.39 Å². The van der Waals surface area contributed by atoms with Crippen LogP contribution in [-0.4, -0.2) is 9.55 Å². The van der Waals surface area contributed by atoms with Crippen molar-refractivity contribution in [1.29, 1.82) is 0 Å². The molecule has 2 N–H and O–H groups in total. The zero-order valence-electron chi connectivity index (χ0n) is 9.68. The van der Waals surface area contributed by atoms with Gasteiger partial charge in [0.05, 0.1) is 12.1 Å². The van der Waals surface area contributed by atoms with E-state index in [1.54, 1.807) is 16.7 Å². The van der Waals surface area contributed by atoms with Gasteiger partial charge in [-0.2, -0.15) is 0 Å². The first kappa shape index (κ1) is 10.8. The summed E-state index contributed by atoms with van der Waals surface area (Å²) >= 11 is 0. The summed E-state index contributed by atoms with van der Waals surface area (Å²) in [7, 11) is 0. The molecular weight excluding hydrogens is 229 g/mol. The molecule has 3 rings (SSSR count). The van der Waals surface area contributed by atoms with Gasteiger partial charge < -0.3 is 10.3 Å². The van der Waals surface area contributed by atoms with Gasteiger partial charge in [-0.15, -0.1) is 0 Å². The Morgan fingerprint density at radius 1 is 1.06 bits per heavy atom. The second-order valence-electron chi connectivity index (χ2n) is 4.15. The summed E-state index contributed by atoms with van der Waals surface area (Å²) in [6.07, 6.45) is 0. The maximum absolute atomic E-state index is 13.8. The number of anilines is 1. The molecule has 2 aromatic carbocycles. The average molecular weight is 241 g/mol. The van der Waals surface area contributed by atoms with E-state index in [-0.39, 0.29) is 5.82 Å². The number of benzene rings is 2. The highest BCUT2D eigenvalue weighted by molar-refractivity contribution is 5.79. The molecule has 0 aliphatic rings. The fourth-order valence-electron chi connectivity index (χ4n) is 2.09. The minimum absolute atomic E-state index is 0.298. The molecule has 3 aromatic rings. The van der Waals surface area contributed by atoms with Crippen molar-refractivity contribution in [1.82, 2.24) is 9.55 Å². The van der Waals surface area contributed by atoms with Gasteiger partial charge in [-0.3, -0.25) is 0 Å². The van der Waals surface area contributed by atoms with Crippen LogP contribution in [0.5, 0.6) is 0 Å². The molecule has 90 valence electrons. The fourth-order valence-corrected chi connectivity index (χ4v) is 2.09. The van der Waals surface area contributed by atoms with E-state index < -0.39 is 0 Å². The summed E-state index contributed by atoms with van der Waals surface area (Å²) in [5.74, 6) is 0.0339. The van der Waals surface area contributed by atoms with Gasteiger partial charge in [-0.1, -0.05) is 36.4 Å². The van der Waals surface area contributed by atoms with E-state index in [9.17, 15) is 4.39 Å². The van der Waals surface area contributed by atoms with E-state index in [1.807, 2.05) is 30.3 Å². The quantitative estimate of drug-likeness (QED) is 0.749. The lowest BCUT2D eigenvalue weighted by molar-refractivity contribution is 0.629. The van der Waals surface area contributed by atoms with Crippen LogP contribution in [-0.2, 0) is 6.54 Å². The number of nitrogen functional groups attached to an aromatic ring is 1. The van der Waals surface area contributed by atoms with Gasteiger partial charge in [-0.05, 0) is 17.7 Å². The number of rotatable bonds is 2. The summed E-state index contributed by atoms with van der Waals surface area (Å²) in [6, 6.07) is 14.6. The van der Waals surface area contributed by atoms with Crippen LogP contribution in [0.15, 0.2) is 48.5 Å².